The van der Waals surface area contributed by atoms with E-state index in [0.717, 1.165) is 56.6 Å². The summed E-state index contributed by atoms with van der Waals surface area (Å²) in [6.07, 6.45) is 6.59. The van der Waals surface area contributed by atoms with E-state index in [2.05, 4.69) is 17.9 Å². The zero-order valence-electron chi connectivity index (χ0n) is 18.7. The third-order valence-electron chi connectivity index (χ3n) is 7.66. The number of hydrogen-bond donors (Lipinski definition) is 1. The molecule has 1 aliphatic carbocycles. The van der Waals surface area contributed by atoms with Crippen molar-refractivity contribution in [1.29, 1.82) is 0 Å². The van der Waals surface area contributed by atoms with Crippen LogP contribution in [0.2, 0.25) is 5.02 Å². The van der Waals surface area contributed by atoms with Gasteiger partial charge in [0.2, 0.25) is 0 Å². The van der Waals surface area contributed by atoms with Crippen LogP contribution >= 0.6 is 22.9 Å². The van der Waals surface area contributed by atoms with Crippen molar-refractivity contribution in [2.45, 2.75) is 52.4 Å². The summed E-state index contributed by atoms with van der Waals surface area (Å²) in [6, 6.07) is 9.76. The second-order valence-corrected chi connectivity index (χ2v) is 11.2. The number of rotatable bonds is 4. The Balaban J connectivity index is 1.59. The van der Waals surface area contributed by atoms with Gasteiger partial charge >= 0.3 is 5.97 Å². The third kappa shape index (κ3) is 3.90. The molecule has 5 rings (SSSR count). The quantitative estimate of drug-likeness (QED) is 0.449. The first-order chi connectivity index (χ1) is 15.3. The van der Waals surface area contributed by atoms with Crippen LogP contribution in [0, 0.1) is 18.3 Å². The standard InChI is InChI=1S/C26H29ClN2O2S/c1-16-13-21-24(23(20(16)14-22(30)31)17-6-8-19(27)9-7-17)32-25(28-21)29-12-11-26(2)10-4-3-5-18(26)15-29/h6-9,13,18H,3-5,10-12,14-15H2,1-2H3,(H,30,31)/t18-,26?/m1/s1. The van der Waals surface area contributed by atoms with E-state index in [9.17, 15) is 9.90 Å². The van der Waals surface area contributed by atoms with Crippen LogP contribution in [0.5, 0.6) is 0 Å². The smallest absolute Gasteiger partial charge is 0.307 e. The highest BCUT2D eigenvalue weighted by Crippen LogP contribution is 2.48. The van der Waals surface area contributed by atoms with E-state index in [0.29, 0.717) is 10.4 Å². The minimum Gasteiger partial charge on any atom is -0.481 e. The molecule has 0 bridgehead atoms. The zero-order chi connectivity index (χ0) is 22.5. The average molecular weight is 469 g/mol. The summed E-state index contributed by atoms with van der Waals surface area (Å²) in [6.45, 7) is 6.59. The Morgan fingerprint density at radius 2 is 2.06 bits per heavy atom. The van der Waals surface area contributed by atoms with Gasteiger partial charge in [0.25, 0.3) is 0 Å². The van der Waals surface area contributed by atoms with Crippen LogP contribution in [0.1, 0.15) is 50.2 Å². The van der Waals surface area contributed by atoms with Gasteiger partial charge in [0, 0.05) is 23.7 Å². The first-order valence-corrected chi connectivity index (χ1v) is 12.7. The summed E-state index contributed by atoms with van der Waals surface area (Å²) in [5, 5.41) is 11.3. The molecule has 1 unspecified atom stereocenters. The molecule has 168 valence electrons. The van der Waals surface area contributed by atoms with E-state index in [4.69, 9.17) is 16.6 Å². The molecule has 2 aromatic carbocycles. The molecule has 0 radical (unpaired) electrons. The van der Waals surface area contributed by atoms with Crippen molar-refractivity contribution >= 4 is 44.3 Å². The molecule has 2 aliphatic rings. The molecule has 1 aromatic heterocycles. The van der Waals surface area contributed by atoms with Crippen molar-refractivity contribution in [3.63, 3.8) is 0 Å². The summed E-state index contributed by atoms with van der Waals surface area (Å²) in [5.74, 6) is -0.0860. The highest BCUT2D eigenvalue weighted by atomic mass is 35.5. The molecular formula is C26H29ClN2O2S. The van der Waals surface area contributed by atoms with Crippen LogP contribution < -0.4 is 4.90 Å². The molecule has 2 heterocycles. The normalized spacial score (nSPS) is 23.3. The number of aromatic nitrogens is 1. The first-order valence-electron chi connectivity index (χ1n) is 11.5. The van der Waals surface area contributed by atoms with Crippen molar-refractivity contribution in [1.82, 2.24) is 4.98 Å². The van der Waals surface area contributed by atoms with Gasteiger partial charge in [-0.05, 0) is 72.4 Å². The van der Waals surface area contributed by atoms with Gasteiger partial charge in [-0.25, -0.2) is 4.98 Å². The predicted octanol–water partition coefficient (Wildman–Crippen LogP) is 6.96. The number of anilines is 1. The fraction of sp³-hybridized carbons (Fsp3) is 0.462. The van der Waals surface area contributed by atoms with E-state index >= 15 is 0 Å². The number of hydrogen-bond acceptors (Lipinski definition) is 4. The average Bonchev–Trinajstić information content (AvgIpc) is 3.17. The van der Waals surface area contributed by atoms with Crippen LogP contribution in [0.3, 0.4) is 0 Å². The van der Waals surface area contributed by atoms with E-state index in [1.165, 1.54) is 32.1 Å². The Bertz CT molecular complexity index is 1170. The van der Waals surface area contributed by atoms with Crippen LogP contribution in [0.15, 0.2) is 30.3 Å². The molecule has 1 aliphatic heterocycles. The number of carboxylic acid groups (broad SMARTS) is 1. The van der Waals surface area contributed by atoms with Gasteiger partial charge in [-0.2, -0.15) is 0 Å². The lowest BCUT2D eigenvalue weighted by Crippen LogP contribution is -2.47. The van der Waals surface area contributed by atoms with Crippen molar-refractivity contribution in [3.05, 3.63) is 46.5 Å². The van der Waals surface area contributed by atoms with Crippen molar-refractivity contribution in [2.75, 3.05) is 18.0 Å². The molecule has 1 saturated heterocycles. The lowest BCUT2D eigenvalue weighted by Gasteiger charge is -2.48. The first kappa shape index (κ1) is 21.7. The van der Waals surface area contributed by atoms with Gasteiger partial charge in [0.05, 0.1) is 16.6 Å². The largest absolute Gasteiger partial charge is 0.481 e. The Morgan fingerprint density at radius 1 is 1.28 bits per heavy atom. The number of carboxylic acids is 1. The third-order valence-corrected chi connectivity index (χ3v) is 9.06. The van der Waals surface area contributed by atoms with Crippen LogP contribution in [-0.4, -0.2) is 29.1 Å². The van der Waals surface area contributed by atoms with Gasteiger partial charge in [0.1, 0.15) is 0 Å². The second-order valence-electron chi connectivity index (χ2n) is 9.76. The van der Waals surface area contributed by atoms with Gasteiger partial charge in [-0.15, -0.1) is 0 Å². The summed E-state index contributed by atoms with van der Waals surface area (Å²) in [7, 11) is 0. The van der Waals surface area contributed by atoms with E-state index in [1.54, 1.807) is 11.3 Å². The molecule has 2 atom stereocenters. The zero-order valence-corrected chi connectivity index (χ0v) is 20.2. The number of nitrogens with zero attached hydrogens (tertiary/aromatic N) is 2. The fourth-order valence-electron chi connectivity index (χ4n) is 5.69. The Hall–Kier alpha value is -2.11. The molecule has 0 amide bonds. The number of piperidine rings is 1. The number of carbonyl (C=O) groups is 1. The van der Waals surface area contributed by atoms with Crippen molar-refractivity contribution in [3.8, 4) is 11.1 Å². The minimum atomic E-state index is -0.819. The molecule has 0 spiro atoms. The number of aryl methyl sites for hydroxylation is 1. The Kier molecular flexibility index (Phi) is 5.67. The van der Waals surface area contributed by atoms with Crippen molar-refractivity contribution < 1.29 is 9.90 Å². The lowest BCUT2D eigenvalue weighted by atomic mass is 9.64. The van der Waals surface area contributed by atoms with Crippen LogP contribution in [-0.2, 0) is 11.2 Å². The Morgan fingerprint density at radius 3 is 2.81 bits per heavy atom. The maximum atomic E-state index is 11.7. The van der Waals surface area contributed by atoms with E-state index < -0.39 is 5.97 Å². The molecule has 2 fully saturated rings. The van der Waals surface area contributed by atoms with E-state index in [-0.39, 0.29) is 6.42 Å². The monoisotopic (exact) mass is 468 g/mol. The predicted molar refractivity (Wildman–Crippen MR) is 133 cm³/mol. The highest BCUT2D eigenvalue weighted by Gasteiger charge is 2.41. The number of thiazole rings is 1. The summed E-state index contributed by atoms with van der Waals surface area (Å²) < 4.78 is 1.07. The van der Waals surface area contributed by atoms with Gasteiger partial charge in [0.15, 0.2) is 5.13 Å². The van der Waals surface area contributed by atoms with Gasteiger partial charge in [-0.3, -0.25) is 4.79 Å². The fourth-order valence-corrected chi connectivity index (χ4v) is 6.99. The second kappa shape index (κ2) is 8.35. The lowest BCUT2D eigenvalue weighted by molar-refractivity contribution is -0.136. The van der Waals surface area contributed by atoms with E-state index in [1.807, 2.05) is 31.2 Å². The maximum absolute atomic E-state index is 11.7. The van der Waals surface area contributed by atoms with Crippen molar-refractivity contribution in [2.24, 2.45) is 11.3 Å². The number of benzene rings is 2. The molecule has 1 saturated carbocycles. The number of aliphatic carboxylic acids is 1. The number of halogens is 1. The summed E-state index contributed by atoms with van der Waals surface area (Å²) >= 11 is 7.84. The minimum absolute atomic E-state index is 0.00287. The van der Waals surface area contributed by atoms with Crippen LogP contribution in [0.25, 0.3) is 21.3 Å². The molecule has 3 aromatic rings. The SMILES string of the molecule is Cc1cc2nc(N3CCC4(C)CCCC[C@@H]4C3)sc2c(-c2ccc(Cl)cc2)c1CC(=O)O. The van der Waals surface area contributed by atoms with Gasteiger partial charge < -0.3 is 10.0 Å². The molecule has 4 nitrogen and oxygen atoms in total. The maximum Gasteiger partial charge on any atom is 0.307 e. The topological polar surface area (TPSA) is 53.4 Å². The van der Waals surface area contributed by atoms with Crippen LogP contribution in [0.4, 0.5) is 5.13 Å². The Labute approximate surface area is 198 Å². The highest BCUT2D eigenvalue weighted by molar-refractivity contribution is 7.22. The summed E-state index contributed by atoms with van der Waals surface area (Å²) in [4.78, 5) is 19.2. The van der Waals surface area contributed by atoms with Gasteiger partial charge in [-0.1, -0.05) is 54.8 Å². The molecule has 32 heavy (non-hydrogen) atoms. The molecular weight excluding hydrogens is 440 g/mol. The molecule has 1 N–H and O–H groups in total. The number of fused-ring (bicyclic) bond motifs is 2. The summed E-state index contributed by atoms with van der Waals surface area (Å²) in [5.41, 5.74) is 5.25. The molecule has 6 heteroatoms.